The highest BCUT2D eigenvalue weighted by molar-refractivity contribution is 6.23. The van der Waals surface area contributed by atoms with Crippen LogP contribution in [0.5, 0.6) is 0 Å². The Balaban J connectivity index is 1.58. The van der Waals surface area contributed by atoms with Gasteiger partial charge in [-0.25, -0.2) is 9.88 Å². The van der Waals surface area contributed by atoms with E-state index >= 15 is 0 Å². The maximum absolute atomic E-state index is 13.5. The summed E-state index contributed by atoms with van der Waals surface area (Å²) in [5.41, 5.74) is 5.73. The summed E-state index contributed by atoms with van der Waals surface area (Å²) >= 11 is 0. The van der Waals surface area contributed by atoms with E-state index in [2.05, 4.69) is 29.2 Å². The van der Waals surface area contributed by atoms with Gasteiger partial charge in [0, 0.05) is 18.0 Å². The molecule has 1 saturated heterocycles. The molecular weight excluding hydrogens is 348 g/mol. The second-order valence-electron chi connectivity index (χ2n) is 7.97. The molecule has 28 heavy (non-hydrogen) atoms. The van der Waals surface area contributed by atoms with Crippen LogP contribution in [0, 0.1) is 18.8 Å². The van der Waals surface area contributed by atoms with E-state index in [0.29, 0.717) is 5.82 Å². The molecule has 136 valence electrons. The third-order valence-corrected chi connectivity index (χ3v) is 6.58. The molecule has 4 heteroatoms. The Kier molecular flexibility index (Phi) is 3.03. The third kappa shape index (κ3) is 1.82. The van der Waals surface area contributed by atoms with Crippen LogP contribution >= 0.6 is 0 Å². The number of aromatic nitrogens is 1. The van der Waals surface area contributed by atoms with Crippen molar-refractivity contribution in [3.63, 3.8) is 0 Å². The van der Waals surface area contributed by atoms with E-state index in [0.717, 1.165) is 5.56 Å². The van der Waals surface area contributed by atoms with Crippen molar-refractivity contribution in [2.45, 2.75) is 18.8 Å². The zero-order chi connectivity index (χ0) is 19.0. The summed E-state index contributed by atoms with van der Waals surface area (Å²) in [5.74, 6) is -0.660. The number of hydrogen-bond acceptors (Lipinski definition) is 3. The highest BCUT2D eigenvalue weighted by atomic mass is 16.2. The van der Waals surface area contributed by atoms with Crippen LogP contribution in [0.25, 0.3) is 0 Å². The smallest absolute Gasteiger partial charge is 0.239 e. The van der Waals surface area contributed by atoms with Crippen LogP contribution in [0.15, 0.2) is 66.9 Å². The number of imide groups is 1. The minimum Gasteiger partial charge on any atom is -0.274 e. The van der Waals surface area contributed by atoms with Gasteiger partial charge in [-0.2, -0.15) is 0 Å². The monoisotopic (exact) mass is 366 g/mol. The Morgan fingerprint density at radius 2 is 1.21 bits per heavy atom. The van der Waals surface area contributed by atoms with Crippen LogP contribution in [-0.2, 0) is 9.59 Å². The van der Waals surface area contributed by atoms with Gasteiger partial charge in [0.05, 0.1) is 11.8 Å². The molecule has 4 nitrogen and oxygen atoms in total. The maximum atomic E-state index is 13.5. The molecule has 2 atom stereocenters. The minimum atomic E-state index is -0.357. The number of amides is 2. The van der Waals surface area contributed by atoms with Crippen molar-refractivity contribution in [3.05, 3.63) is 94.7 Å². The average Bonchev–Trinajstić information content (AvgIpc) is 2.99. The lowest BCUT2D eigenvalue weighted by atomic mass is 9.55. The van der Waals surface area contributed by atoms with Gasteiger partial charge in [-0.3, -0.25) is 9.59 Å². The number of nitrogens with zero attached hydrogens (tertiary/aromatic N) is 2. The molecule has 2 bridgehead atoms. The van der Waals surface area contributed by atoms with Crippen molar-refractivity contribution in [3.8, 4) is 0 Å². The Hall–Kier alpha value is -3.27. The molecule has 0 spiro atoms. The molecule has 2 heterocycles. The van der Waals surface area contributed by atoms with Crippen molar-refractivity contribution in [1.82, 2.24) is 4.98 Å². The van der Waals surface area contributed by atoms with Crippen molar-refractivity contribution in [1.29, 1.82) is 0 Å². The number of carbonyl (C=O) groups is 2. The van der Waals surface area contributed by atoms with Crippen molar-refractivity contribution in [2.24, 2.45) is 11.8 Å². The van der Waals surface area contributed by atoms with Crippen LogP contribution in [0.2, 0.25) is 0 Å². The lowest BCUT2D eigenvalue weighted by Gasteiger charge is -2.45. The number of pyridine rings is 1. The van der Waals surface area contributed by atoms with Gasteiger partial charge in [-0.05, 0) is 46.9 Å². The molecule has 2 amide bonds. The quantitative estimate of drug-likeness (QED) is 0.616. The van der Waals surface area contributed by atoms with E-state index < -0.39 is 0 Å². The Morgan fingerprint density at radius 3 is 1.64 bits per heavy atom. The van der Waals surface area contributed by atoms with Gasteiger partial charge in [-0.1, -0.05) is 48.5 Å². The van der Waals surface area contributed by atoms with Crippen LogP contribution in [0.4, 0.5) is 5.82 Å². The average molecular weight is 366 g/mol. The van der Waals surface area contributed by atoms with Gasteiger partial charge in [0.2, 0.25) is 11.8 Å². The molecule has 1 aliphatic heterocycles. The van der Waals surface area contributed by atoms with Gasteiger partial charge in [0.1, 0.15) is 5.82 Å². The van der Waals surface area contributed by atoms with Gasteiger partial charge >= 0.3 is 0 Å². The summed E-state index contributed by atoms with van der Waals surface area (Å²) in [5, 5.41) is 0. The lowest BCUT2D eigenvalue weighted by molar-refractivity contribution is -0.122. The number of aryl methyl sites for hydroxylation is 1. The van der Waals surface area contributed by atoms with Gasteiger partial charge in [-0.15, -0.1) is 0 Å². The number of benzene rings is 2. The summed E-state index contributed by atoms with van der Waals surface area (Å²) in [6, 6.07) is 20.3. The molecule has 4 aliphatic rings. The molecule has 0 unspecified atom stereocenters. The van der Waals surface area contributed by atoms with Crippen molar-refractivity contribution >= 4 is 17.6 Å². The normalized spacial score (nSPS) is 26.8. The zero-order valence-electron chi connectivity index (χ0n) is 15.4. The standard InChI is InChI=1S/C24H18N2O2/c1-13-10-11-25-18(12-13)26-23(27)21-19-14-6-2-3-7-15(14)20(22(21)24(26)28)17-9-5-4-8-16(17)19/h2-12,19-22H,1H3/t19?,20?,21-,22+. The van der Waals surface area contributed by atoms with E-state index in [1.807, 2.05) is 43.3 Å². The van der Waals surface area contributed by atoms with E-state index in [-0.39, 0.29) is 35.5 Å². The molecule has 0 radical (unpaired) electrons. The molecule has 3 aromatic rings. The van der Waals surface area contributed by atoms with E-state index in [1.165, 1.54) is 27.2 Å². The molecule has 1 fully saturated rings. The van der Waals surface area contributed by atoms with E-state index in [4.69, 9.17) is 0 Å². The van der Waals surface area contributed by atoms with E-state index in [9.17, 15) is 9.59 Å². The minimum absolute atomic E-state index is 0.0753. The SMILES string of the molecule is Cc1ccnc(N2C(=O)[C@@H]3C4c5ccccc5C(c5ccccc54)[C@@H]3C2=O)c1. The fourth-order valence-corrected chi connectivity index (χ4v) is 5.55. The Labute approximate surface area is 162 Å². The van der Waals surface area contributed by atoms with E-state index in [1.54, 1.807) is 6.20 Å². The van der Waals surface area contributed by atoms with Crippen molar-refractivity contribution < 1.29 is 9.59 Å². The summed E-state index contributed by atoms with van der Waals surface area (Å²) < 4.78 is 0. The summed E-state index contributed by atoms with van der Waals surface area (Å²) in [6.45, 7) is 1.94. The largest absolute Gasteiger partial charge is 0.274 e. The first-order valence-corrected chi connectivity index (χ1v) is 9.65. The van der Waals surface area contributed by atoms with Gasteiger partial charge < -0.3 is 0 Å². The van der Waals surface area contributed by atoms with Gasteiger partial charge in [0.15, 0.2) is 0 Å². The lowest BCUT2D eigenvalue weighted by Crippen LogP contribution is -2.41. The maximum Gasteiger partial charge on any atom is 0.239 e. The van der Waals surface area contributed by atoms with Crippen molar-refractivity contribution in [2.75, 3.05) is 4.90 Å². The van der Waals surface area contributed by atoms with Crippen LogP contribution < -0.4 is 4.90 Å². The zero-order valence-corrected chi connectivity index (χ0v) is 15.4. The number of hydrogen-bond donors (Lipinski definition) is 0. The fraction of sp³-hybridized carbons (Fsp3) is 0.208. The second kappa shape index (κ2) is 5.38. The topological polar surface area (TPSA) is 50.3 Å². The van der Waals surface area contributed by atoms with Crippen LogP contribution in [0.1, 0.15) is 39.7 Å². The molecule has 3 aliphatic carbocycles. The summed E-state index contributed by atoms with van der Waals surface area (Å²) in [4.78, 5) is 32.7. The number of rotatable bonds is 1. The van der Waals surface area contributed by atoms with Crippen LogP contribution in [0.3, 0.4) is 0 Å². The second-order valence-corrected chi connectivity index (χ2v) is 7.97. The molecule has 0 saturated carbocycles. The fourth-order valence-electron chi connectivity index (χ4n) is 5.55. The predicted molar refractivity (Wildman–Crippen MR) is 105 cm³/mol. The Morgan fingerprint density at radius 1 is 0.750 bits per heavy atom. The highest BCUT2D eigenvalue weighted by Crippen LogP contribution is 2.61. The molecule has 2 aromatic carbocycles. The first kappa shape index (κ1) is 15.8. The first-order valence-electron chi connectivity index (χ1n) is 9.65. The highest BCUT2D eigenvalue weighted by Gasteiger charge is 2.61. The van der Waals surface area contributed by atoms with Crippen LogP contribution in [-0.4, -0.2) is 16.8 Å². The summed E-state index contributed by atoms with van der Waals surface area (Å²) in [6.07, 6.45) is 1.66. The molecular formula is C24H18N2O2. The van der Waals surface area contributed by atoms with Gasteiger partial charge in [0.25, 0.3) is 0 Å². The molecule has 7 rings (SSSR count). The summed E-state index contributed by atoms with van der Waals surface area (Å²) in [7, 11) is 0. The number of anilines is 1. The number of carbonyl (C=O) groups excluding carboxylic acids is 2. The molecule has 0 N–H and O–H groups in total. The first-order chi connectivity index (χ1) is 13.7. The molecule has 1 aromatic heterocycles. The third-order valence-electron chi connectivity index (χ3n) is 6.58. The predicted octanol–water partition coefficient (Wildman–Crippen LogP) is 3.79. The Bertz CT molecular complexity index is 1050.